The fraction of sp³-hybridized carbons (Fsp3) is 0.100. The van der Waals surface area contributed by atoms with Crippen molar-refractivity contribution in [1.29, 1.82) is 0 Å². The fourth-order valence-electron chi connectivity index (χ4n) is 1.24. The normalized spacial score (nSPS) is 10.4. The van der Waals surface area contributed by atoms with Crippen LogP contribution in [-0.2, 0) is 6.61 Å². The zero-order chi connectivity index (χ0) is 9.97. The van der Waals surface area contributed by atoms with Crippen LogP contribution < -0.4 is 0 Å². The maximum absolute atomic E-state index is 9.04. The molecule has 3 nitrogen and oxygen atoms in total. The molecule has 0 radical (unpaired) electrons. The second kappa shape index (κ2) is 3.94. The Kier molecular flexibility index (Phi) is 2.65. The van der Waals surface area contributed by atoms with Crippen molar-refractivity contribution in [2.75, 3.05) is 0 Å². The Bertz CT molecular complexity index is 439. The van der Waals surface area contributed by atoms with E-state index in [0.29, 0.717) is 11.3 Å². The van der Waals surface area contributed by atoms with Crippen molar-refractivity contribution in [3.05, 3.63) is 40.5 Å². The van der Waals surface area contributed by atoms with Gasteiger partial charge in [-0.25, -0.2) is 0 Å². The molecule has 72 valence electrons. The number of aromatic nitrogens is 1. The van der Waals surface area contributed by atoms with Crippen LogP contribution in [0.25, 0.3) is 11.3 Å². The van der Waals surface area contributed by atoms with E-state index in [0.717, 1.165) is 10.0 Å². The summed E-state index contributed by atoms with van der Waals surface area (Å²) < 4.78 is 6.01. The van der Waals surface area contributed by atoms with E-state index >= 15 is 0 Å². The number of nitrogens with zero attached hydrogens (tertiary/aromatic N) is 1. The first kappa shape index (κ1) is 9.43. The molecule has 1 heterocycles. The second-order valence-corrected chi connectivity index (χ2v) is 3.67. The Balaban J connectivity index is 2.54. The third kappa shape index (κ3) is 1.58. The Morgan fingerprint density at radius 1 is 1.36 bits per heavy atom. The van der Waals surface area contributed by atoms with Gasteiger partial charge in [-0.05, 0) is 12.1 Å². The van der Waals surface area contributed by atoms with Gasteiger partial charge in [0.05, 0.1) is 12.8 Å². The van der Waals surface area contributed by atoms with Crippen molar-refractivity contribution in [1.82, 2.24) is 5.16 Å². The van der Waals surface area contributed by atoms with Gasteiger partial charge in [-0.3, -0.25) is 0 Å². The van der Waals surface area contributed by atoms with E-state index in [2.05, 4.69) is 21.1 Å². The maximum Gasteiger partial charge on any atom is 0.173 e. The summed E-state index contributed by atoms with van der Waals surface area (Å²) in [4.78, 5) is 0. The van der Waals surface area contributed by atoms with Crippen LogP contribution in [0, 0.1) is 0 Å². The summed E-state index contributed by atoms with van der Waals surface area (Å²) in [6, 6.07) is 7.65. The van der Waals surface area contributed by atoms with E-state index in [1.165, 1.54) is 6.20 Å². The van der Waals surface area contributed by atoms with Crippen molar-refractivity contribution in [2.45, 2.75) is 6.61 Å². The minimum atomic E-state index is -0.0693. The highest BCUT2D eigenvalue weighted by molar-refractivity contribution is 9.10. The van der Waals surface area contributed by atoms with Crippen molar-refractivity contribution in [2.24, 2.45) is 0 Å². The fourth-order valence-corrected chi connectivity index (χ4v) is 1.70. The predicted octanol–water partition coefficient (Wildman–Crippen LogP) is 2.60. The third-order valence-electron chi connectivity index (χ3n) is 1.93. The lowest BCUT2D eigenvalue weighted by Crippen LogP contribution is -1.84. The van der Waals surface area contributed by atoms with Crippen molar-refractivity contribution >= 4 is 15.9 Å². The number of rotatable bonds is 2. The summed E-state index contributed by atoms with van der Waals surface area (Å²) in [5.74, 6) is 0.611. The highest BCUT2D eigenvalue weighted by Gasteiger charge is 2.11. The summed E-state index contributed by atoms with van der Waals surface area (Å²) in [5.41, 5.74) is 1.59. The number of halogens is 1. The molecule has 1 N–H and O–H groups in total. The average molecular weight is 254 g/mol. The highest BCUT2D eigenvalue weighted by atomic mass is 79.9. The maximum atomic E-state index is 9.04. The number of hydrogen-bond acceptors (Lipinski definition) is 3. The first-order valence-electron chi connectivity index (χ1n) is 4.12. The van der Waals surface area contributed by atoms with Crippen molar-refractivity contribution in [3.63, 3.8) is 0 Å². The number of hydrogen-bond donors (Lipinski definition) is 1. The van der Waals surface area contributed by atoms with Gasteiger partial charge in [-0.15, -0.1) is 0 Å². The molecule has 2 aromatic rings. The molecule has 0 aliphatic carbocycles. The second-order valence-electron chi connectivity index (χ2n) is 2.82. The molecule has 2 rings (SSSR count). The Morgan fingerprint density at radius 3 is 2.86 bits per heavy atom. The summed E-state index contributed by atoms with van der Waals surface area (Å²) in [5, 5.41) is 12.7. The van der Waals surface area contributed by atoms with Gasteiger partial charge in [0.2, 0.25) is 0 Å². The molecule has 0 fully saturated rings. The molecule has 0 spiro atoms. The average Bonchev–Trinajstić information content (AvgIpc) is 2.66. The van der Waals surface area contributed by atoms with Gasteiger partial charge in [-0.2, -0.15) is 0 Å². The van der Waals surface area contributed by atoms with Gasteiger partial charge in [0.1, 0.15) is 0 Å². The van der Waals surface area contributed by atoms with Crippen molar-refractivity contribution in [3.8, 4) is 11.3 Å². The summed E-state index contributed by atoms with van der Waals surface area (Å²) >= 11 is 3.41. The van der Waals surface area contributed by atoms with Gasteiger partial charge in [-0.1, -0.05) is 33.2 Å². The molecular weight excluding hydrogens is 246 g/mol. The molecule has 0 aliphatic heterocycles. The molecule has 4 heteroatoms. The van der Waals surface area contributed by atoms with Gasteiger partial charge in [0, 0.05) is 15.6 Å². The number of benzene rings is 1. The zero-order valence-corrected chi connectivity index (χ0v) is 8.86. The Labute approximate surface area is 89.5 Å². The van der Waals surface area contributed by atoms with E-state index in [1.54, 1.807) is 0 Å². The van der Waals surface area contributed by atoms with E-state index < -0.39 is 0 Å². The van der Waals surface area contributed by atoms with Gasteiger partial charge in [0.15, 0.2) is 5.76 Å². The minimum Gasteiger partial charge on any atom is -0.391 e. The Hall–Kier alpha value is -1.13. The van der Waals surface area contributed by atoms with E-state index in [1.807, 2.05) is 24.3 Å². The standard InChI is InChI=1S/C10H8BrNO2/c11-9-4-2-1-3-8(9)10-7(6-13)5-12-14-10/h1-5,13H,6H2. The molecule has 1 aromatic carbocycles. The van der Waals surface area contributed by atoms with Crippen LogP contribution in [0.15, 0.2) is 39.5 Å². The van der Waals surface area contributed by atoms with Crippen LogP contribution in [0.2, 0.25) is 0 Å². The SMILES string of the molecule is OCc1cnoc1-c1ccccc1Br. The monoisotopic (exact) mass is 253 g/mol. The first-order valence-corrected chi connectivity index (χ1v) is 4.91. The van der Waals surface area contributed by atoms with Crippen LogP contribution in [0.1, 0.15) is 5.56 Å². The molecule has 0 bridgehead atoms. The topological polar surface area (TPSA) is 46.3 Å². The lowest BCUT2D eigenvalue weighted by atomic mass is 10.1. The van der Waals surface area contributed by atoms with Gasteiger partial charge >= 0.3 is 0 Å². The van der Waals surface area contributed by atoms with Gasteiger partial charge < -0.3 is 9.63 Å². The summed E-state index contributed by atoms with van der Waals surface area (Å²) in [6.45, 7) is -0.0693. The summed E-state index contributed by atoms with van der Waals surface area (Å²) in [6.07, 6.45) is 1.52. The molecule has 0 saturated heterocycles. The molecule has 0 atom stereocenters. The van der Waals surface area contributed by atoms with E-state index in [-0.39, 0.29) is 6.61 Å². The highest BCUT2D eigenvalue weighted by Crippen LogP contribution is 2.30. The van der Waals surface area contributed by atoms with Crippen LogP contribution in [0.5, 0.6) is 0 Å². The smallest absolute Gasteiger partial charge is 0.173 e. The van der Waals surface area contributed by atoms with Crippen molar-refractivity contribution < 1.29 is 9.63 Å². The predicted molar refractivity (Wildman–Crippen MR) is 55.6 cm³/mol. The molecular formula is C10H8BrNO2. The first-order chi connectivity index (χ1) is 6.83. The molecule has 0 saturated carbocycles. The van der Waals surface area contributed by atoms with Crippen LogP contribution in [-0.4, -0.2) is 10.3 Å². The molecule has 0 aliphatic rings. The number of aliphatic hydroxyl groups is 1. The summed E-state index contributed by atoms with van der Waals surface area (Å²) in [7, 11) is 0. The molecule has 14 heavy (non-hydrogen) atoms. The van der Waals surface area contributed by atoms with Crippen LogP contribution in [0.3, 0.4) is 0 Å². The molecule has 1 aromatic heterocycles. The van der Waals surface area contributed by atoms with E-state index in [4.69, 9.17) is 9.63 Å². The number of aliphatic hydroxyl groups excluding tert-OH is 1. The lowest BCUT2D eigenvalue weighted by molar-refractivity contribution is 0.281. The third-order valence-corrected chi connectivity index (χ3v) is 2.62. The van der Waals surface area contributed by atoms with Crippen LogP contribution in [0.4, 0.5) is 0 Å². The lowest BCUT2D eigenvalue weighted by Gasteiger charge is -2.00. The van der Waals surface area contributed by atoms with Gasteiger partial charge in [0.25, 0.3) is 0 Å². The molecule has 0 amide bonds. The zero-order valence-electron chi connectivity index (χ0n) is 7.27. The van der Waals surface area contributed by atoms with E-state index in [9.17, 15) is 0 Å². The Morgan fingerprint density at radius 2 is 2.14 bits per heavy atom. The molecule has 0 unspecified atom stereocenters. The quantitative estimate of drug-likeness (QED) is 0.895. The minimum absolute atomic E-state index is 0.0693. The largest absolute Gasteiger partial charge is 0.391 e. The van der Waals surface area contributed by atoms with Crippen LogP contribution >= 0.6 is 15.9 Å².